The first kappa shape index (κ1) is 14.1. The van der Waals surface area contributed by atoms with Crippen LogP contribution in [0.15, 0.2) is 33.4 Å². The van der Waals surface area contributed by atoms with Crippen LogP contribution in [0.5, 0.6) is 5.88 Å². The topological polar surface area (TPSA) is 45.9 Å². The number of halogens is 3. The summed E-state index contributed by atoms with van der Waals surface area (Å²) in [5, 5.41) is 9.57. The number of nitriles is 1. The van der Waals surface area contributed by atoms with Crippen LogP contribution >= 0.6 is 34.9 Å². The number of nitrogens with zero attached hydrogens (tertiary/aromatic N) is 2. The van der Waals surface area contributed by atoms with E-state index in [-0.39, 0.29) is 11.4 Å². The highest BCUT2D eigenvalue weighted by Crippen LogP contribution is 2.38. The van der Waals surface area contributed by atoms with Gasteiger partial charge in [-0.3, -0.25) is 0 Å². The van der Waals surface area contributed by atoms with Gasteiger partial charge in [0.25, 0.3) is 0 Å². The monoisotopic (exact) mass is 318 g/mol. The van der Waals surface area contributed by atoms with Crippen molar-refractivity contribution in [2.75, 3.05) is 0 Å². The van der Waals surface area contributed by atoms with E-state index < -0.39 is 6.61 Å². The summed E-state index contributed by atoms with van der Waals surface area (Å²) in [5.74, 6) is -0.334. The fourth-order valence-corrected chi connectivity index (χ4v) is 3.12. The van der Waals surface area contributed by atoms with E-state index in [1.165, 1.54) is 11.8 Å². The number of aromatic nitrogens is 1. The molecule has 1 aromatic carbocycles. The van der Waals surface area contributed by atoms with E-state index in [0.717, 1.165) is 16.4 Å². The van der Waals surface area contributed by atoms with Gasteiger partial charge >= 0.3 is 6.61 Å². The molecule has 0 amide bonds. The first-order valence-electron chi connectivity index (χ1n) is 4.88. The molecule has 0 N–H and O–H groups in total. The van der Waals surface area contributed by atoms with Gasteiger partial charge in [0.2, 0.25) is 5.88 Å². The van der Waals surface area contributed by atoms with Crippen molar-refractivity contribution in [3.05, 3.63) is 34.9 Å². The van der Waals surface area contributed by atoms with Gasteiger partial charge in [-0.05, 0) is 35.8 Å². The fraction of sp³-hybridized carbons (Fsp3) is 0.0909. The Bertz CT molecular complexity index is 610. The van der Waals surface area contributed by atoms with Crippen molar-refractivity contribution in [3.8, 4) is 11.9 Å². The van der Waals surface area contributed by atoms with Gasteiger partial charge < -0.3 is 4.74 Å². The average Bonchev–Trinajstić information content (AvgIpc) is 2.73. The highest BCUT2D eigenvalue weighted by atomic mass is 35.5. The van der Waals surface area contributed by atoms with Gasteiger partial charge in [0.05, 0.1) is 0 Å². The lowest BCUT2D eigenvalue weighted by Crippen LogP contribution is -2.03. The Hall–Kier alpha value is -1.36. The zero-order chi connectivity index (χ0) is 13.8. The Labute approximate surface area is 120 Å². The second-order valence-corrected chi connectivity index (χ2v) is 5.75. The largest absolute Gasteiger partial charge is 0.414 e. The van der Waals surface area contributed by atoms with Crippen LogP contribution in [0.1, 0.15) is 5.56 Å². The van der Waals surface area contributed by atoms with E-state index in [1.807, 2.05) is 6.07 Å². The summed E-state index contributed by atoms with van der Waals surface area (Å²) in [6.07, 6.45) is 0. The van der Waals surface area contributed by atoms with E-state index in [1.54, 1.807) is 24.3 Å². The number of rotatable bonds is 4. The van der Waals surface area contributed by atoms with Crippen LogP contribution in [0.4, 0.5) is 8.78 Å². The van der Waals surface area contributed by atoms with E-state index in [0.29, 0.717) is 9.23 Å². The number of hydrogen-bond donors (Lipinski definition) is 0. The summed E-state index contributed by atoms with van der Waals surface area (Å²) >= 11 is 7.95. The van der Waals surface area contributed by atoms with Gasteiger partial charge in [-0.1, -0.05) is 23.4 Å². The molecule has 0 fully saturated rings. The lowest BCUT2D eigenvalue weighted by molar-refractivity contribution is -0.0524. The van der Waals surface area contributed by atoms with E-state index >= 15 is 0 Å². The highest BCUT2D eigenvalue weighted by Gasteiger charge is 2.19. The minimum atomic E-state index is -3.00. The van der Waals surface area contributed by atoms with Crippen LogP contribution in [0, 0.1) is 11.3 Å². The van der Waals surface area contributed by atoms with Crippen LogP contribution < -0.4 is 4.74 Å². The summed E-state index contributed by atoms with van der Waals surface area (Å²) in [7, 11) is 0. The zero-order valence-corrected chi connectivity index (χ0v) is 11.5. The highest BCUT2D eigenvalue weighted by molar-refractivity contribution is 8.01. The molecular weight excluding hydrogens is 314 g/mol. The minimum absolute atomic E-state index is 0.0187. The third-order valence-electron chi connectivity index (χ3n) is 1.97. The van der Waals surface area contributed by atoms with Crippen LogP contribution in [0.2, 0.25) is 5.02 Å². The molecule has 0 aliphatic carbocycles. The van der Waals surface area contributed by atoms with Gasteiger partial charge in [0.1, 0.15) is 15.8 Å². The fourth-order valence-electron chi connectivity index (χ4n) is 1.20. The van der Waals surface area contributed by atoms with Crippen molar-refractivity contribution in [2.45, 2.75) is 15.7 Å². The number of ether oxygens (including phenoxy) is 1. The SMILES string of the molecule is N#Cc1c(OC(F)F)nsc1Sc1ccc(Cl)cc1. The number of hydrogen-bond acceptors (Lipinski definition) is 5. The lowest BCUT2D eigenvalue weighted by atomic mass is 10.4. The molecule has 0 radical (unpaired) electrons. The Morgan fingerprint density at radius 2 is 2.05 bits per heavy atom. The molecule has 0 saturated carbocycles. The molecule has 2 aromatic rings. The summed E-state index contributed by atoms with van der Waals surface area (Å²) < 4.78 is 32.7. The normalized spacial score (nSPS) is 10.5. The molecule has 19 heavy (non-hydrogen) atoms. The Balaban J connectivity index is 2.23. The lowest BCUT2D eigenvalue weighted by Gasteiger charge is -2.01. The van der Waals surface area contributed by atoms with Crippen molar-refractivity contribution < 1.29 is 13.5 Å². The first-order chi connectivity index (χ1) is 9.10. The summed E-state index contributed by atoms with van der Waals surface area (Å²) in [5.41, 5.74) is 0.0187. The van der Waals surface area contributed by atoms with Crippen LogP contribution in [0.25, 0.3) is 0 Å². The number of benzene rings is 1. The third kappa shape index (κ3) is 3.56. The summed E-state index contributed by atoms with van der Waals surface area (Å²) in [4.78, 5) is 0.827. The van der Waals surface area contributed by atoms with Gasteiger partial charge in [-0.2, -0.15) is 18.4 Å². The predicted molar refractivity (Wildman–Crippen MR) is 69.0 cm³/mol. The molecule has 3 nitrogen and oxygen atoms in total. The molecular formula is C11H5ClF2N2OS2. The van der Waals surface area contributed by atoms with Crippen molar-refractivity contribution in [3.63, 3.8) is 0 Å². The average molecular weight is 319 g/mol. The Morgan fingerprint density at radius 3 is 2.63 bits per heavy atom. The maximum atomic E-state index is 12.1. The molecule has 0 spiro atoms. The standard InChI is InChI=1S/C11H5ClF2N2OS2/c12-6-1-3-7(4-2-6)18-10-8(5-15)9(16-19-10)17-11(13)14/h1-4,11H. The van der Waals surface area contributed by atoms with Crippen LogP contribution in [-0.2, 0) is 0 Å². The molecule has 0 unspecified atom stereocenters. The zero-order valence-electron chi connectivity index (χ0n) is 9.14. The van der Waals surface area contributed by atoms with Gasteiger partial charge in [0.15, 0.2) is 0 Å². The summed E-state index contributed by atoms with van der Waals surface area (Å²) in [6, 6.07) is 8.76. The molecule has 0 bridgehead atoms. The smallest absolute Gasteiger partial charge is 0.388 e. The third-order valence-corrected chi connectivity index (χ3v) is 4.22. The second kappa shape index (κ2) is 6.19. The molecule has 0 aliphatic rings. The van der Waals surface area contributed by atoms with Crippen molar-refractivity contribution in [1.82, 2.24) is 4.37 Å². The number of alkyl halides is 2. The van der Waals surface area contributed by atoms with Crippen molar-refractivity contribution >= 4 is 34.9 Å². The second-order valence-electron chi connectivity index (χ2n) is 3.20. The molecule has 0 saturated heterocycles. The molecule has 2 rings (SSSR count). The molecule has 1 aromatic heterocycles. The molecule has 1 heterocycles. The van der Waals surface area contributed by atoms with Crippen LogP contribution in [0.3, 0.4) is 0 Å². The molecule has 8 heteroatoms. The molecule has 0 aliphatic heterocycles. The van der Waals surface area contributed by atoms with E-state index in [4.69, 9.17) is 16.9 Å². The van der Waals surface area contributed by atoms with Crippen LogP contribution in [-0.4, -0.2) is 11.0 Å². The Kier molecular flexibility index (Phi) is 4.58. The molecule has 0 atom stereocenters. The maximum absolute atomic E-state index is 12.1. The van der Waals surface area contributed by atoms with Gasteiger partial charge in [0, 0.05) is 9.92 Å². The molecule has 98 valence electrons. The van der Waals surface area contributed by atoms with Gasteiger partial charge in [-0.15, -0.1) is 0 Å². The van der Waals surface area contributed by atoms with E-state index in [9.17, 15) is 8.78 Å². The van der Waals surface area contributed by atoms with Gasteiger partial charge in [-0.25, -0.2) is 0 Å². The van der Waals surface area contributed by atoms with Crippen molar-refractivity contribution in [2.24, 2.45) is 0 Å². The summed E-state index contributed by atoms with van der Waals surface area (Å²) in [6.45, 7) is -3.00. The first-order valence-corrected chi connectivity index (χ1v) is 6.85. The van der Waals surface area contributed by atoms with Crippen molar-refractivity contribution in [1.29, 1.82) is 5.26 Å². The van der Waals surface area contributed by atoms with E-state index in [2.05, 4.69) is 9.11 Å². The minimum Gasteiger partial charge on any atom is -0.414 e. The quantitative estimate of drug-likeness (QED) is 0.837. The Morgan fingerprint density at radius 1 is 1.37 bits per heavy atom. The predicted octanol–water partition coefficient (Wildman–Crippen LogP) is 4.42. The maximum Gasteiger partial charge on any atom is 0.388 e.